The number of aryl methyl sites for hydroxylation is 1. The van der Waals surface area contributed by atoms with Crippen LogP contribution in [0.15, 0.2) is 36.1 Å². The van der Waals surface area contributed by atoms with Crippen LogP contribution in [-0.4, -0.2) is 33.4 Å². The van der Waals surface area contributed by atoms with Crippen LogP contribution in [-0.2, 0) is 4.79 Å². The van der Waals surface area contributed by atoms with Gasteiger partial charge in [-0.25, -0.2) is 15.0 Å². The smallest absolute Gasteiger partial charge is 0.248 e. The minimum atomic E-state index is -0.231. The van der Waals surface area contributed by atoms with E-state index in [1.807, 2.05) is 30.5 Å². The normalized spacial score (nSPS) is 17.4. The van der Waals surface area contributed by atoms with Gasteiger partial charge >= 0.3 is 0 Å². The highest BCUT2D eigenvalue weighted by Gasteiger charge is 2.33. The lowest BCUT2D eigenvalue weighted by molar-refractivity contribution is -0.117. The van der Waals surface area contributed by atoms with Crippen LogP contribution in [0.2, 0.25) is 0 Å². The molecule has 6 nitrogen and oxygen atoms in total. The molecular formula is C17H17N5OS. The molecule has 7 heteroatoms. The van der Waals surface area contributed by atoms with Crippen LogP contribution < -0.4 is 10.2 Å². The Morgan fingerprint density at radius 3 is 3.12 bits per heavy atom. The monoisotopic (exact) mass is 339 g/mol. The molecule has 0 saturated carbocycles. The summed E-state index contributed by atoms with van der Waals surface area (Å²) in [6.45, 7) is 2.80. The SMILES string of the molecule is Cc1ccnc(NC(=O)[C@H]2CCCN2c2ncnc3sccc23)c1. The van der Waals surface area contributed by atoms with Crippen molar-refractivity contribution in [3.8, 4) is 0 Å². The lowest BCUT2D eigenvalue weighted by atomic mass is 10.2. The van der Waals surface area contributed by atoms with Crippen LogP contribution in [0.25, 0.3) is 10.2 Å². The topological polar surface area (TPSA) is 71.0 Å². The first-order chi connectivity index (χ1) is 11.7. The summed E-state index contributed by atoms with van der Waals surface area (Å²) in [5.74, 6) is 1.40. The molecule has 4 heterocycles. The maximum atomic E-state index is 12.8. The first-order valence-electron chi connectivity index (χ1n) is 7.91. The molecule has 1 amide bonds. The lowest BCUT2D eigenvalue weighted by Crippen LogP contribution is -2.40. The predicted octanol–water partition coefficient (Wildman–Crippen LogP) is 3.00. The number of thiophene rings is 1. The number of rotatable bonds is 3. The van der Waals surface area contributed by atoms with E-state index in [2.05, 4.69) is 25.2 Å². The highest BCUT2D eigenvalue weighted by atomic mass is 32.1. The zero-order valence-corrected chi connectivity index (χ0v) is 14.1. The van der Waals surface area contributed by atoms with E-state index in [1.54, 1.807) is 23.9 Å². The number of aromatic nitrogens is 3. The Morgan fingerprint density at radius 2 is 2.25 bits per heavy atom. The largest absolute Gasteiger partial charge is 0.344 e. The fourth-order valence-electron chi connectivity index (χ4n) is 3.11. The minimum absolute atomic E-state index is 0.0346. The maximum Gasteiger partial charge on any atom is 0.248 e. The zero-order valence-electron chi connectivity index (χ0n) is 13.3. The Kier molecular flexibility index (Phi) is 3.86. The van der Waals surface area contributed by atoms with Crippen LogP contribution in [0.1, 0.15) is 18.4 Å². The molecule has 1 N–H and O–H groups in total. The summed E-state index contributed by atoms with van der Waals surface area (Å²) in [6, 6.07) is 5.57. The van der Waals surface area contributed by atoms with Gasteiger partial charge in [0.1, 0.15) is 28.8 Å². The molecule has 1 aliphatic rings. The first kappa shape index (κ1) is 15.0. The van der Waals surface area contributed by atoms with Gasteiger partial charge in [0.2, 0.25) is 5.91 Å². The van der Waals surface area contributed by atoms with Gasteiger partial charge in [-0.05, 0) is 48.9 Å². The molecule has 1 atom stereocenters. The number of pyridine rings is 1. The summed E-state index contributed by atoms with van der Waals surface area (Å²) in [7, 11) is 0. The summed E-state index contributed by atoms with van der Waals surface area (Å²) in [6.07, 6.45) is 5.06. The average molecular weight is 339 g/mol. The van der Waals surface area contributed by atoms with Crippen LogP contribution in [0.3, 0.4) is 0 Å². The first-order valence-corrected chi connectivity index (χ1v) is 8.79. The fraction of sp³-hybridized carbons (Fsp3) is 0.294. The Balaban J connectivity index is 1.60. The van der Waals surface area contributed by atoms with Crippen LogP contribution in [0.4, 0.5) is 11.6 Å². The maximum absolute atomic E-state index is 12.8. The zero-order chi connectivity index (χ0) is 16.5. The molecule has 1 fully saturated rings. The number of nitrogens with zero attached hydrogens (tertiary/aromatic N) is 4. The van der Waals surface area contributed by atoms with Crippen LogP contribution in [0.5, 0.6) is 0 Å². The Labute approximate surface area is 143 Å². The van der Waals surface area contributed by atoms with Gasteiger partial charge in [0.15, 0.2) is 0 Å². The van der Waals surface area contributed by atoms with E-state index in [0.29, 0.717) is 5.82 Å². The van der Waals surface area contributed by atoms with E-state index < -0.39 is 0 Å². The summed E-state index contributed by atoms with van der Waals surface area (Å²) < 4.78 is 0. The molecule has 0 unspecified atom stereocenters. The van der Waals surface area contributed by atoms with Crippen molar-refractivity contribution in [1.29, 1.82) is 0 Å². The number of hydrogen-bond donors (Lipinski definition) is 1. The Hall–Kier alpha value is -2.54. The molecular weight excluding hydrogens is 322 g/mol. The van der Waals surface area contributed by atoms with Gasteiger partial charge in [0, 0.05) is 12.7 Å². The van der Waals surface area contributed by atoms with Crippen molar-refractivity contribution in [2.75, 3.05) is 16.8 Å². The number of anilines is 2. The van der Waals surface area contributed by atoms with Crippen molar-refractivity contribution >= 4 is 39.1 Å². The Morgan fingerprint density at radius 1 is 1.33 bits per heavy atom. The van der Waals surface area contributed by atoms with E-state index in [1.165, 1.54) is 0 Å². The van der Waals surface area contributed by atoms with Crippen molar-refractivity contribution in [2.45, 2.75) is 25.8 Å². The lowest BCUT2D eigenvalue weighted by Gasteiger charge is -2.25. The second-order valence-electron chi connectivity index (χ2n) is 5.90. The number of hydrogen-bond acceptors (Lipinski definition) is 6. The molecule has 0 spiro atoms. The molecule has 122 valence electrons. The van der Waals surface area contributed by atoms with Gasteiger partial charge in [-0.1, -0.05) is 0 Å². The van der Waals surface area contributed by atoms with Crippen molar-refractivity contribution in [2.24, 2.45) is 0 Å². The van der Waals surface area contributed by atoms with Crippen molar-refractivity contribution in [3.63, 3.8) is 0 Å². The predicted molar refractivity (Wildman–Crippen MR) is 95.4 cm³/mol. The number of nitrogens with one attached hydrogen (secondary N) is 1. The molecule has 0 aliphatic carbocycles. The van der Waals surface area contributed by atoms with Crippen molar-refractivity contribution < 1.29 is 4.79 Å². The second-order valence-corrected chi connectivity index (χ2v) is 6.79. The van der Waals surface area contributed by atoms with E-state index in [0.717, 1.165) is 41.0 Å². The van der Waals surface area contributed by atoms with Gasteiger partial charge in [-0.3, -0.25) is 4.79 Å². The molecule has 24 heavy (non-hydrogen) atoms. The Bertz CT molecular complexity index is 893. The van der Waals surface area contributed by atoms with E-state index >= 15 is 0 Å². The highest BCUT2D eigenvalue weighted by molar-refractivity contribution is 7.16. The summed E-state index contributed by atoms with van der Waals surface area (Å²) in [5, 5.41) is 5.95. The molecule has 3 aromatic rings. The third-order valence-electron chi connectivity index (χ3n) is 4.23. The molecule has 3 aromatic heterocycles. The number of amides is 1. The van der Waals surface area contributed by atoms with Crippen molar-refractivity contribution in [1.82, 2.24) is 15.0 Å². The van der Waals surface area contributed by atoms with E-state index in [9.17, 15) is 4.79 Å². The van der Waals surface area contributed by atoms with Crippen LogP contribution in [0, 0.1) is 6.92 Å². The molecule has 0 aromatic carbocycles. The van der Waals surface area contributed by atoms with Gasteiger partial charge < -0.3 is 10.2 Å². The summed E-state index contributed by atoms with van der Waals surface area (Å²) >= 11 is 1.59. The molecule has 4 rings (SSSR count). The van der Waals surface area contributed by atoms with Gasteiger partial charge in [0.05, 0.1) is 5.39 Å². The summed E-state index contributed by atoms with van der Waals surface area (Å²) in [4.78, 5) is 28.7. The molecule has 0 bridgehead atoms. The molecule has 1 saturated heterocycles. The van der Waals surface area contributed by atoms with E-state index in [-0.39, 0.29) is 11.9 Å². The number of carbonyl (C=O) groups is 1. The third-order valence-corrected chi connectivity index (χ3v) is 5.06. The molecule has 1 aliphatic heterocycles. The standard InChI is InChI=1S/C17H17N5OS/c1-11-4-6-18-14(9-11)21-16(23)13-3-2-7-22(13)15-12-5-8-24-17(12)20-10-19-15/h4-6,8-10,13H,2-3,7H2,1H3,(H,18,21,23)/t13-/m1/s1. The summed E-state index contributed by atoms with van der Waals surface area (Å²) in [5.41, 5.74) is 1.07. The van der Waals surface area contributed by atoms with Gasteiger partial charge in [0.25, 0.3) is 0 Å². The number of fused-ring (bicyclic) bond motifs is 1. The number of carbonyl (C=O) groups excluding carboxylic acids is 1. The average Bonchev–Trinajstić information content (AvgIpc) is 3.23. The third kappa shape index (κ3) is 2.71. The van der Waals surface area contributed by atoms with E-state index in [4.69, 9.17) is 0 Å². The molecule has 0 radical (unpaired) electrons. The van der Waals surface area contributed by atoms with Crippen molar-refractivity contribution in [3.05, 3.63) is 41.7 Å². The highest BCUT2D eigenvalue weighted by Crippen LogP contribution is 2.32. The fourth-order valence-corrected chi connectivity index (χ4v) is 3.84. The quantitative estimate of drug-likeness (QED) is 0.794. The van der Waals surface area contributed by atoms with Gasteiger partial charge in [-0.15, -0.1) is 11.3 Å². The minimum Gasteiger partial charge on any atom is -0.344 e. The second kappa shape index (κ2) is 6.16. The van der Waals surface area contributed by atoms with Crippen LogP contribution >= 0.6 is 11.3 Å². The van der Waals surface area contributed by atoms with Gasteiger partial charge in [-0.2, -0.15) is 0 Å².